The molecule has 2 aliphatic carbocycles. The molecule has 0 amide bonds. The highest BCUT2D eigenvalue weighted by molar-refractivity contribution is 7.91. The molecule has 1 N–H and O–H groups in total. The molecule has 0 aromatic rings. The summed E-state index contributed by atoms with van der Waals surface area (Å²) in [6.45, 7) is 1.07. The Bertz CT molecular complexity index is 355. The van der Waals surface area contributed by atoms with Gasteiger partial charge in [-0.25, -0.2) is 8.42 Å². The lowest BCUT2D eigenvalue weighted by molar-refractivity contribution is 0.320. The fourth-order valence-electron chi connectivity index (χ4n) is 2.80. The molecule has 1 aliphatic heterocycles. The summed E-state index contributed by atoms with van der Waals surface area (Å²) in [5, 5.41) is 3.57. The van der Waals surface area contributed by atoms with Crippen LogP contribution in [0.15, 0.2) is 0 Å². The van der Waals surface area contributed by atoms with E-state index in [-0.39, 0.29) is 0 Å². The Morgan fingerprint density at radius 2 is 1.93 bits per heavy atom. The summed E-state index contributed by atoms with van der Waals surface area (Å²) in [5.41, 5.74) is 0.367. The fourth-order valence-corrected chi connectivity index (χ4v) is 4.75. The first-order chi connectivity index (χ1) is 7.10. The van der Waals surface area contributed by atoms with Gasteiger partial charge >= 0.3 is 0 Å². The summed E-state index contributed by atoms with van der Waals surface area (Å²) >= 11 is 0. The summed E-state index contributed by atoms with van der Waals surface area (Å²) in [6.07, 6.45) is 6.03. The van der Waals surface area contributed by atoms with E-state index in [1.807, 2.05) is 0 Å². The van der Waals surface area contributed by atoms with Gasteiger partial charge < -0.3 is 5.32 Å². The zero-order valence-electron chi connectivity index (χ0n) is 9.04. The molecule has 3 rings (SSSR count). The lowest BCUT2D eigenvalue weighted by atomic mass is 9.88. The van der Waals surface area contributed by atoms with Crippen LogP contribution in [0.25, 0.3) is 0 Å². The Morgan fingerprint density at radius 1 is 1.20 bits per heavy atom. The second-order valence-electron chi connectivity index (χ2n) is 5.62. The Kier molecular flexibility index (Phi) is 2.15. The predicted molar refractivity (Wildman–Crippen MR) is 59.5 cm³/mol. The van der Waals surface area contributed by atoms with Crippen LogP contribution < -0.4 is 5.32 Å². The average Bonchev–Trinajstić information content (AvgIpc) is 3.06. The molecule has 3 fully saturated rings. The molecule has 0 radical (unpaired) electrons. The van der Waals surface area contributed by atoms with Crippen molar-refractivity contribution < 1.29 is 8.42 Å². The first-order valence-electron chi connectivity index (χ1n) is 6.04. The lowest BCUT2D eigenvalue weighted by Crippen LogP contribution is -2.31. The predicted octanol–water partition coefficient (Wildman–Crippen LogP) is 0.953. The first-order valence-corrected chi connectivity index (χ1v) is 7.86. The minimum absolute atomic E-state index is 0.367. The van der Waals surface area contributed by atoms with E-state index in [1.165, 1.54) is 25.7 Å². The molecule has 1 saturated heterocycles. The van der Waals surface area contributed by atoms with E-state index in [0.29, 0.717) is 22.8 Å². The van der Waals surface area contributed by atoms with Crippen LogP contribution in [-0.2, 0) is 9.84 Å². The summed E-state index contributed by atoms with van der Waals surface area (Å²) in [7, 11) is -2.69. The first kappa shape index (κ1) is 10.1. The van der Waals surface area contributed by atoms with Crippen molar-refractivity contribution in [3.05, 3.63) is 0 Å². The second-order valence-corrected chi connectivity index (χ2v) is 7.85. The Labute approximate surface area is 91.5 Å². The van der Waals surface area contributed by atoms with E-state index in [9.17, 15) is 8.42 Å². The number of nitrogens with one attached hydrogen (secondary N) is 1. The molecule has 0 aromatic carbocycles. The van der Waals surface area contributed by atoms with Gasteiger partial charge in [0, 0.05) is 12.6 Å². The quantitative estimate of drug-likeness (QED) is 0.781. The van der Waals surface area contributed by atoms with Gasteiger partial charge in [0.1, 0.15) is 0 Å². The molecule has 15 heavy (non-hydrogen) atoms. The molecule has 4 heteroatoms. The largest absolute Gasteiger partial charge is 0.313 e. The molecule has 1 unspecified atom stereocenters. The van der Waals surface area contributed by atoms with E-state index in [0.717, 1.165) is 19.0 Å². The molecule has 2 saturated carbocycles. The topological polar surface area (TPSA) is 46.2 Å². The monoisotopic (exact) mass is 229 g/mol. The van der Waals surface area contributed by atoms with Gasteiger partial charge in [-0.3, -0.25) is 0 Å². The van der Waals surface area contributed by atoms with E-state index < -0.39 is 9.84 Å². The number of sulfone groups is 1. The maximum Gasteiger partial charge on any atom is 0.150 e. The zero-order chi connectivity index (χ0) is 10.5. The van der Waals surface area contributed by atoms with Crippen LogP contribution in [0.5, 0.6) is 0 Å². The highest BCUT2D eigenvalue weighted by Crippen LogP contribution is 2.55. The number of hydrogen-bond acceptors (Lipinski definition) is 3. The molecule has 3 nitrogen and oxygen atoms in total. The Morgan fingerprint density at radius 3 is 2.40 bits per heavy atom. The molecular weight excluding hydrogens is 210 g/mol. The van der Waals surface area contributed by atoms with Gasteiger partial charge in [-0.1, -0.05) is 0 Å². The molecule has 1 atom stereocenters. The minimum Gasteiger partial charge on any atom is -0.313 e. The molecule has 86 valence electrons. The van der Waals surface area contributed by atoms with Gasteiger partial charge in [-0.2, -0.15) is 0 Å². The van der Waals surface area contributed by atoms with E-state index in [2.05, 4.69) is 5.32 Å². The van der Waals surface area contributed by atoms with Gasteiger partial charge in [0.15, 0.2) is 9.84 Å². The normalized spacial score (nSPS) is 36.7. The fraction of sp³-hybridized carbons (Fsp3) is 1.00. The molecule has 0 aromatic heterocycles. The SMILES string of the molecule is O=S1(=O)CCC(C2(CNC3CC3)CC2)C1. The van der Waals surface area contributed by atoms with Crippen LogP contribution in [0, 0.1) is 11.3 Å². The van der Waals surface area contributed by atoms with Crippen molar-refractivity contribution in [2.75, 3.05) is 18.1 Å². The van der Waals surface area contributed by atoms with Crippen molar-refractivity contribution in [3.63, 3.8) is 0 Å². The molecule has 0 spiro atoms. The van der Waals surface area contributed by atoms with Gasteiger partial charge in [-0.15, -0.1) is 0 Å². The number of rotatable bonds is 4. The molecule has 0 bridgehead atoms. The van der Waals surface area contributed by atoms with Crippen molar-refractivity contribution in [2.24, 2.45) is 11.3 Å². The van der Waals surface area contributed by atoms with Crippen LogP contribution in [0.4, 0.5) is 0 Å². The average molecular weight is 229 g/mol. The van der Waals surface area contributed by atoms with Crippen LogP contribution in [0.1, 0.15) is 32.1 Å². The maximum absolute atomic E-state index is 11.4. The highest BCUT2D eigenvalue weighted by atomic mass is 32.2. The maximum atomic E-state index is 11.4. The summed E-state index contributed by atoms with van der Waals surface area (Å²) < 4.78 is 22.9. The third kappa shape index (κ3) is 2.07. The van der Waals surface area contributed by atoms with E-state index in [4.69, 9.17) is 0 Å². The summed E-state index contributed by atoms with van der Waals surface area (Å²) in [5.74, 6) is 1.34. The third-order valence-corrected chi connectivity index (χ3v) is 6.08. The van der Waals surface area contributed by atoms with Crippen molar-refractivity contribution in [1.29, 1.82) is 0 Å². The van der Waals surface area contributed by atoms with Gasteiger partial charge in [-0.05, 0) is 43.4 Å². The number of hydrogen-bond donors (Lipinski definition) is 1. The Hall–Kier alpha value is -0.0900. The van der Waals surface area contributed by atoms with Gasteiger partial charge in [0.25, 0.3) is 0 Å². The molecule has 3 aliphatic rings. The van der Waals surface area contributed by atoms with E-state index in [1.54, 1.807) is 0 Å². The van der Waals surface area contributed by atoms with Crippen molar-refractivity contribution in [2.45, 2.75) is 38.1 Å². The smallest absolute Gasteiger partial charge is 0.150 e. The van der Waals surface area contributed by atoms with Crippen LogP contribution >= 0.6 is 0 Å². The van der Waals surface area contributed by atoms with Crippen molar-refractivity contribution in [3.8, 4) is 0 Å². The van der Waals surface area contributed by atoms with Gasteiger partial charge in [0.2, 0.25) is 0 Å². The van der Waals surface area contributed by atoms with E-state index >= 15 is 0 Å². The summed E-state index contributed by atoms with van der Waals surface area (Å²) in [4.78, 5) is 0. The lowest BCUT2D eigenvalue weighted by Gasteiger charge is -2.22. The van der Waals surface area contributed by atoms with Crippen molar-refractivity contribution >= 4 is 9.84 Å². The molecule has 1 heterocycles. The highest BCUT2D eigenvalue weighted by Gasteiger charge is 2.52. The molecular formula is C11H19NO2S. The third-order valence-electron chi connectivity index (χ3n) is 4.31. The van der Waals surface area contributed by atoms with Crippen molar-refractivity contribution in [1.82, 2.24) is 5.32 Å². The van der Waals surface area contributed by atoms with Crippen LogP contribution in [-0.4, -0.2) is 32.5 Å². The van der Waals surface area contributed by atoms with Crippen LogP contribution in [0.2, 0.25) is 0 Å². The standard InChI is InChI=1S/C11H19NO2S/c13-15(14)6-3-9(7-15)11(4-5-11)8-12-10-1-2-10/h9-10,12H,1-8H2. The Balaban J connectivity index is 1.60. The summed E-state index contributed by atoms with van der Waals surface area (Å²) in [6, 6.07) is 0.750. The van der Waals surface area contributed by atoms with Gasteiger partial charge in [0.05, 0.1) is 11.5 Å². The second kappa shape index (κ2) is 3.20. The minimum atomic E-state index is -2.69. The zero-order valence-corrected chi connectivity index (χ0v) is 9.85. The van der Waals surface area contributed by atoms with Crippen LogP contribution in [0.3, 0.4) is 0 Å².